The third-order valence-electron chi connectivity index (χ3n) is 4.00. The van der Waals surface area contributed by atoms with E-state index in [0.717, 1.165) is 26.2 Å². The van der Waals surface area contributed by atoms with E-state index in [2.05, 4.69) is 4.90 Å². The van der Waals surface area contributed by atoms with Crippen molar-refractivity contribution in [1.29, 1.82) is 0 Å². The Morgan fingerprint density at radius 2 is 1.86 bits per heavy atom. The molecule has 1 amide bonds. The van der Waals surface area contributed by atoms with Crippen LogP contribution < -0.4 is 4.74 Å². The number of likely N-dealkylation sites (tertiary alicyclic amines) is 1. The summed E-state index contributed by atoms with van der Waals surface area (Å²) in [4.78, 5) is 16.8. The SMILES string of the molecule is CN(CCN1CCCC1)C(=O)C(C)(C)Oc1ccc(Cl)cc1. The van der Waals surface area contributed by atoms with Gasteiger partial charge in [0.25, 0.3) is 5.91 Å². The highest BCUT2D eigenvalue weighted by atomic mass is 35.5. The normalized spacial score (nSPS) is 15.8. The monoisotopic (exact) mass is 324 g/mol. The van der Waals surface area contributed by atoms with Crippen molar-refractivity contribution in [2.24, 2.45) is 0 Å². The topological polar surface area (TPSA) is 32.8 Å². The first-order valence-electron chi connectivity index (χ1n) is 7.81. The van der Waals surface area contributed by atoms with Crippen LogP contribution in [-0.4, -0.2) is 54.5 Å². The van der Waals surface area contributed by atoms with Crippen molar-refractivity contribution >= 4 is 17.5 Å². The first kappa shape index (κ1) is 17.1. The first-order chi connectivity index (χ1) is 10.4. The maximum atomic E-state index is 12.6. The van der Waals surface area contributed by atoms with Gasteiger partial charge in [-0.15, -0.1) is 0 Å². The largest absolute Gasteiger partial charge is 0.478 e. The van der Waals surface area contributed by atoms with E-state index in [1.807, 2.05) is 7.05 Å². The lowest BCUT2D eigenvalue weighted by Gasteiger charge is -2.31. The summed E-state index contributed by atoms with van der Waals surface area (Å²) in [5.41, 5.74) is -0.895. The maximum absolute atomic E-state index is 12.6. The molecule has 0 aliphatic carbocycles. The minimum absolute atomic E-state index is 0.0124. The summed E-state index contributed by atoms with van der Waals surface area (Å²) < 4.78 is 5.85. The molecule has 0 atom stereocenters. The Bertz CT molecular complexity index is 496. The molecular weight excluding hydrogens is 300 g/mol. The number of ether oxygens (including phenoxy) is 1. The molecule has 0 spiro atoms. The highest BCUT2D eigenvalue weighted by Gasteiger charge is 2.32. The zero-order valence-electron chi connectivity index (χ0n) is 13.6. The number of benzene rings is 1. The third-order valence-corrected chi connectivity index (χ3v) is 4.25. The Morgan fingerprint density at radius 1 is 1.27 bits per heavy atom. The molecule has 0 bridgehead atoms. The predicted octanol–water partition coefficient (Wildman–Crippen LogP) is 3.05. The van der Waals surface area contributed by atoms with Crippen LogP contribution in [0, 0.1) is 0 Å². The van der Waals surface area contributed by atoms with Crippen LogP contribution in [-0.2, 0) is 4.79 Å². The van der Waals surface area contributed by atoms with Gasteiger partial charge >= 0.3 is 0 Å². The minimum Gasteiger partial charge on any atom is -0.478 e. The van der Waals surface area contributed by atoms with E-state index < -0.39 is 5.60 Å². The molecule has 1 fully saturated rings. The van der Waals surface area contributed by atoms with Gasteiger partial charge in [0.2, 0.25) is 0 Å². The molecule has 1 aromatic carbocycles. The molecule has 1 aliphatic rings. The van der Waals surface area contributed by atoms with Crippen LogP contribution >= 0.6 is 11.6 Å². The van der Waals surface area contributed by atoms with Gasteiger partial charge in [0.05, 0.1) is 0 Å². The van der Waals surface area contributed by atoms with Crippen LogP contribution in [0.4, 0.5) is 0 Å². The molecule has 0 aromatic heterocycles. The number of hydrogen-bond donors (Lipinski definition) is 0. The predicted molar refractivity (Wildman–Crippen MR) is 89.5 cm³/mol. The van der Waals surface area contributed by atoms with E-state index in [1.165, 1.54) is 12.8 Å². The lowest BCUT2D eigenvalue weighted by atomic mass is 10.1. The molecule has 0 radical (unpaired) electrons. The van der Waals surface area contributed by atoms with Crippen LogP contribution in [0.3, 0.4) is 0 Å². The summed E-state index contributed by atoms with van der Waals surface area (Å²) in [6, 6.07) is 7.08. The minimum atomic E-state index is -0.895. The number of carbonyl (C=O) groups is 1. The molecule has 1 saturated heterocycles. The molecule has 1 heterocycles. The number of amides is 1. The van der Waals surface area contributed by atoms with Crippen LogP contribution in [0.15, 0.2) is 24.3 Å². The molecule has 1 aliphatic heterocycles. The quantitative estimate of drug-likeness (QED) is 0.806. The fourth-order valence-electron chi connectivity index (χ4n) is 2.70. The molecule has 22 heavy (non-hydrogen) atoms. The number of hydrogen-bond acceptors (Lipinski definition) is 3. The lowest BCUT2D eigenvalue weighted by Crippen LogP contribution is -2.49. The molecule has 4 nitrogen and oxygen atoms in total. The van der Waals surface area contributed by atoms with Gasteiger partial charge in [-0.05, 0) is 64.0 Å². The van der Waals surface area contributed by atoms with Gasteiger partial charge in [-0.1, -0.05) is 11.6 Å². The number of halogens is 1. The fourth-order valence-corrected chi connectivity index (χ4v) is 2.83. The number of rotatable bonds is 6. The van der Waals surface area contributed by atoms with Crippen LogP contribution in [0.2, 0.25) is 5.02 Å². The van der Waals surface area contributed by atoms with Crippen LogP contribution in [0.1, 0.15) is 26.7 Å². The summed E-state index contributed by atoms with van der Waals surface area (Å²) in [7, 11) is 1.84. The van der Waals surface area contributed by atoms with Crippen molar-refractivity contribution in [2.75, 3.05) is 33.2 Å². The average molecular weight is 325 g/mol. The molecular formula is C17H25ClN2O2. The molecule has 0 unspecified atom stereocenters. The van der Waals surface area contributed by atoms with Crippen molar-refractivity contribution in [1.82, 2.24) is 9.80 Å². The van der Waals surface area contributed by atoms with Crippen molar-refractivity contribution in [3.05, 3.63) is 29.3 Å². The Kier molecular flexibility index (Phi) is 5.70. The van der Waals surface area contributed by atoms with E-state index in [4.69, 9.17) is 16.3 Å². The summed E-state index contributed by atoms with van der Waals surface area (Å²) >= 11 is 5.86. The second-order valence-electron chi connectivity index (χ2n) is 6.34. The van der Waals surface area contributed by atoms with Gasteiger partial charge in [0.1, 0.15) is 5.75 Å². The number of carbonyl (C=O) groups excluding carboxylic acids is 1. The van der Waals surface area contributed by atoms with E-state index in [-0.39, 0.29) is 5.91 Å². The van der Waals surface area contributed by atoms with Gasteiger partial charge in [-0.2, -0.15) is 0 Å². The third kappa shape index (κ3) is 4.62. The summed E-state index contributed by atoms with van der Waals surface area (Å²) in [5.74, 6) is 0.636. The van der Waals surface area contributed by atoms with Gasteiger partial charge in [-0.25, -0.2) is 0 Å². The molecule has 1 aromatic rings. The smallest absolute Gasteiger partial charge is 0.265 e. The van der Waals surface area contributed by atoms with E-state index in [9.17, 15) is 4.79 Å². The Labute approximate surface area is 138 Å². The molecule has 122 valence electrons. The van der Waals surface area contributed by atoms with Crippen LogP contribution in [0.5, 0.6) is 5.75 Å². The highest BCUT2D eigenvalue weighted by molar-refractivity contribution is 6.30. The van der Waals surface area contributed by atoms with Gasteiger partial charge in [-0.3, -0.25) is 4.79 Å². The second kappa shape index (κ2) is 7.34. The van der Waals surface area contributed by atoms with Crippen molar-refractivity contribution in [2.45, 2.75) is 32.3 Å². The van der Waals surface area contributed by atoms with Gasteiger partial charge < -0.3 is 14.5 Å². The van der Waals surface area contributed by atoms with E-state index in [0.29, 0.717) is 10.8 Å². The Hall–Kier alpha value is -1.26. The van der Waals surface area contributed by atoms with Gasteiger partial charge in [0.15, 0.2) is 5.60 Å². The van der Waals surface area contributed by atoms with E-state index in [1.54, 1.807) is 43.0 Å². The maximum Gasteiger partial charge on any atom is 0.265 e. The number of likely N-dealkylation sites (N-methyl/N-ethyl adjacent to an activating group) is 1. The zero-order chi connectivity index (χ0) is 16.2. The van der Waals surface area contributed by atoms with E-state index >= 15 is 0 Å². The molecule has 0 saturated carbocycles. The summed E-state index contributed by atoms with van der Waals surface area (Å²) in [6.07, 6.45) is 2.53. The first-order valence-corrected chi connectivity index (χ1v) is 8.19. The van der Waals surface area contributed by atoms with Crippen molar-refractivity contribution in [3.8, 4) is 5.75 Å². The Morgan fingerprint density at radius 3 is 2.45 bits per heavy atom. The fraction of sp³-hybridized carbons (Fsp3) is 0.588. The molecule has 2 rings (SSSR count). The van der Waals surface area contributed by atoms with Gasteiger partial charge in [0, 0.05) is 25.2 Å². The highest BCUT2D eigenvalue weighted by Crippen LogP contribution is 2.22. The summed E-state index contributed by atoms with van der Waals surface area (Å²) in [6.45, 7) is 7.55. The molecule has 0 N–H and O–H groups in total. The molecule has 5 heteroatoms. The van der Waals surface area contributed by atoms with Crippen molar-refractivity contribution < 1.29 is 9.53 Å². The lowest BCUT2D eigenvalue weighted by molar-refractivity contribution is -0.144. The zero-order valence-corrected chi connectivity index (χ0v) is 14.4. The summed E-state index contributed by atoms with van der Waals surface area (Å²) in [5, 5.41) is 0.652. The second-order valence-corrected chi connectivity index (χ2v) is 6.78. The average Bonchev–Trinajstić information content (AvgIpc) is 2.99. The van der Waals surface area contributed by atoms with Crippen LogP contribution in [0.25, 0.3) is 0 Å². The Balaban J connectivity index is 1.88. The van der Waals surface area contributed by atoms with Crippen molar-refractivity contribution in [3.63, 3.8) is 0 Å². The number of nitrogens with zero attached hydrogens (tertiary/aromatic N) is 2. The standard InChI is InChI=1S/C17H25ClN2O2/c1-17(2,22-15-8-6-14(18)7-9-15)16(21)19(3)12-13-20-10-4-5-11-20/h6-9H,4-5,10-13H2,1-3H3.